The Morgan fingerprint density at radius 2 is 0.800 bits per heavy atom. The van der Waals surface area contributed by atoms with Gasteiger partial charge in [-0.25, -0.2) is 0 Å². The van der Waals surface area contributed by atoms with Crippen LogP contribution in [0.5, 0.6) is 0 Å². The minimum Gasteiger partial charge on any atom is -0.312 e. The summed E-state index contributed by atoms with van der Waals surface area (Å²) in [6.45, 7) is -0.0639. The van der Waals surface area contributed by atoms with E-state index in [1.807, 2.05) is 0 Å². The van der Waals surface area contributed by atoms with Crippen molar-refractivity contribution >= 4 is 109 Å². The van der Waals surface area contributed by atoms with Crippen LogP contribution in [0.3, 0.4) is 0 Å². The second kappa shape index (κ2) is 15.2. The molecule has 0 unspecified atom stereocenters. The molecule has 0 fully saturated rings. The highest BCUT2D eigenvalue weighted by Gasteiger charge is 2.55. The standard InChI is InChI=1S/C60H42B2N2Si/c1-6-24-43(25-7-1)48-34-16-20-38-52(48)64-54-40-22-17-35-49(54)61(44-26-8-2-9-27-44)58-55(64)42-57-59-60(58)63(45-28-10-3-11-29-45)53-39-21-18-36-50(53)62(59)51-37-19-23-41-56(51)65(57,46-30-12-4-13-31-46)47-32-14-5-15-33-47/h1-42H. The predicted molar refractivity (Wildman–Crippen MR) is 281 cm³/mol. The molecule has 302 valence electrons. The van der Waals surface area contributed by atoms with Gasteiger partial charge in [-0.2, -0.15) is 0 Å². The van der Waals surface area contributed by atoms with Crippen molar-refractivity contribution in [1.82, 2.24) is 0 Å². The Morgan fingerprint density at radius 1 is 0.323 bits per heavy atom. The summed E-state index contributed by atoms with van der Waals surface area (Å²) in [6, 6.07) is 95.9. The van der Waals surface area contributed by atoms with Crippen LogP contribution in [0.25, 0.3) is 11.1 Å². The Kier molecular flexibility index (Phi) is 8.78. The summed E-state index contributed by atoms with van der Waals surface area (Å²) in [6.07, 6.45) is 0. The lowest BCUT2D eigenvalue weighted by molar-refractivity contribution is 1.27. The van der Waals surface area contributed by atoms with E-state index in [4.69, 9.17) is 0 Å². The lowest BCUT2D eigenvalue weighted by Crippen LogP contribution is -2.88. The van der Waals surface area contributed by atoms with Crippen LogP contribution in [0.4, 0.5) is 34.1 Å². The van der Waals surface area contributed by atoms with Crippen molar-refractivity contribution < 1.29 is 0 Å². The summed E-state index contributed by atoms with van der Waals surface area (Å²) in [5.74, 6) is 0. The molecule has 0 saturated carbocycles. The predicted octanol–water partition coefficient (Wildman–Crippen LogP) is 7.64. The van der Waals surface area contributed by atoms with Gasteiger partial charge in [-0.1, -0.05) is 229 Å². The van der Waals surface area contributed by atoms with Gasteiger partial charge in [-0.15, -0.1) is 0 Å². The SMILES string of the molecule is c1ccc(B2c3ccccc3N(c3ccccc3-c3ccccc3)c3cc4c5c(c32)N(c2ccccc2)c2ccccc2B5c2ccccc2[Si]4(c2ccccc2)c2ccccc2)cc1. The van der Waals surface area contributed by atoms with E-state index in [2.05, 4.69) is 265 Å². The maximum absolute atomic E-state index is 3.10. The van der Waals surface area contributed by atoms with Gasteiger partial charge >= 0.3 is 0 Å². The third-order valence-electron chi connectivity index (χ3n) is 14.2. The lowest BCUT2D eigenvalue weighted by atomic mass is 9.30. The molecule has 2 nitrogen and oxygen atoms in total. The molecular formula is C60H42B2N2Si. The first kappa shape index (κ1) is 37.7. The molecule has 13 rings (SSSR count). The Hall–Kier alpha value is -7.85. The third-order valence-corrected chi connectivity index (χ3v) is 19.1. The summed E-state index contributed by atoms with van der Waals surface area (Å²) in [5, 5.41) is 5.67. The number of fused-ring (bicyclic) bond motifs is 7. The monoisotopic (exact) mass is 840 g/mol. The van der Waals surface area contributed by atoms with Crippen LogP contribution in [0.15, 0.2) is 255 Å². The molecule has 0 amide bonds. The number of benzene rings is 10. The quantitative estimate of drug-likeness (QED) is 0.159. The molecule has 65 heavy (non-hydrogen) atoms. The molecule has 0 spiro atoms. The van der Waals surface area contributed by atoms with E-state index in [1.54, 1.807) is 0 Å². The zero-order valence-electron chi connectivity index (χ0n) is 35.8. The minimum atomic E-state index is -3.10. The van der Waals surface area contributed by atoms with Crippen LogP contribution in [0.2, 0.25) is 0 Å². The highest BCUT2D eigenvalue weighted by atomic mass is 28.3. The Balaban J connectivity index is 1.28. The van der Waals surface area contributed by atoms with E-state index in [0.717, 1.165) is 11.4 Å². The molecule has 0 radical (unpaired) electrons. The summed E-state index contributed by atoms with van der Waals surface area (Å²) < 4.78 is 0. The molecule has 10 aromatic carbocycles. The van der Waals surface area contributed by atoms with Gasteiger partial charge in [0.05, 0.1) is 5.69 Å². The summed E-state index contributed by atoms with van der Waals surface area (Å²) in [4.78, 5) is 5.26. The molecule has 5 heteroatoms. The van der Waals surface area contributed by atoms with Crippen LogP contribution < -0.4 is 63.3 Å². The second-order valence-corrected chi connectivity index (χ2v) is 21.2. The van der Waals surface area contributed by atoms with Crippen molar-refractivity contribution in [3.63, 3.8) is 0 Å². The number of hydrogen-bond donors (Lipinski definition) is 0. The van der Waals surface area contributed by atoms with Gasteiger partial charge in [0.25, 0.3) is 0 Å². The topological polar surface area (TPSA) is 6.48 Å². The molecular weight excluding hydrogens is 798 g/mol. The van der Waals surface area contributed by atoms with E-state index in [9.17, 15) is 0 Å². The van der Waals surface area contributed by atoms with Crippen LogP contribution in [0, 0.1) is 0 Å². The Morgan fingerprint density at radius 3 is 1.45 bits per heavy atom. The molecule has 3 heterocycles. The average molecular weight is 841 g/mol. The van der Waals surface area contributed by atoms with Crippen molar-refractivity contribution in [1.29, 1.82) is 0 Å². The van der Waals surface area contributed by atoms with Gasteiger partial charge in [0.2, 0.25) is 13.4 Å². The number of para-hydroxylation sites is 4. The highest BCUT2D eigenvalue weighted by Crippen LogP contribution is 2.45. The Labute approximate surface area is 382 Å². The van der Waals surface area contributed by atoms with E-state index < -0.39 is 8.07 Å². The van der Waals surface area contributed by atoms with Crippen molar-refractivity contribution in [2.45, 2.75) is 0 Å². The zero-order valence-corrected chi connectivity index (χ0v) is 36.8. The molecule has 0 bridgehead atoms. The fourth-order valence-electron chi connectivity index (χ4n) is 11.8. The molecule has 0 N–H and O–H groups in total. The molecule has 3 aliphatic heterocycles. The second-order valence-electron chi connectivity index (χ2n) is 17.5. The number of nitrogens with zero attached hydrogens (tertiary/aromatic N) is 2. The zero-order chi connectivity index (χ0) is 42.9. The largest absolute Gasteiger partial charge is 0.312 e. The molecule has 10 aromatic rings. The smallest absolute Gasteiger partial charge is 0.249 e. The summed E-state index contributed by atoms with van der Waals surface area (Å²) in [5.41, 5.74) is 17.7. The summed E-state index contributed by atoms with van der Waals surface area (Å²) in [7, 11) is -3.10. The number of rotatable bonds is 6. The van der Waals surface area contributed by atoms with E-state index in [0.29, 0.717) is 0 Å². The minimum absolute atomic E-state index is 0.00404. The van der Waals surface area contributed by atoms with E-state index in [-0.39, 0.29) is 13.4 Å². The molecule has 0 saturated heterocycles. The fraction of sp³-hybridized carbons (Fsp3) is 0. The maximum atomic E-state index is 2.69. The first-order valence-corrected chi connectivity index (χ1v) is 24.8. The van der Waals surface area contributed by atoms with Crippen LogP contribution in [-0.2, 0) is 0 Å². The molecule has 0 aliphatic carbocycles. The van der Waals surface area contributed by atoms with Gasteiger partial charge in [0.15, 0.2) is 8.07 Å². The third kappa shape index (κ3) is 5.55. The van der Waals surface area contributed by atoms with Gasteiger partial charge in [0, 0.05) is 34.0 Å². The lowest BCUT2D eigenvalue weighted by Gasteiger charge is -2.50. The number of anilines is 6. The van der Waals surface area contributed by atoms with Crippen LogP contribution in [-0.4, -0.2) is 21.5 Å². The molecule has 0 atom stereocenters. The Bertz CT molecular complexity index is 3360. The van der Waals surface area contributed by atoms with Gasteiger partial charge in [-0.3, -0.25) is 0 Å². The van der Waals surface area contributed by atoms with E-state index >= 15 is 0 Å². The van der Waals surface area contributed by atoms with Gasteiger partial charge < -0.3 is 9.80 Å². The van der Waals surface area contributed by atoms with Crippen molar-refractivity contribution in [3.05, 3.63) is 255 Å². The summed E-state index contributed by atoms with van der Waals surface area (Å²) >= 11 is 0. The highest BCUT2D eigenvalue weighted by molar-refractivity contribution is 7.27. The number of hydrogen-bond acceptors (Lipinski definition) is 2. The molecule has 3 aliphatic rings. The van der Waals surface area contributed by atoms with Crippen molar-refractivity contribution in [2.24, 2.45) is 0 Å². The van der Waals surface area contributed by atoms with Crippen LogP contribution in [0.1, 0.15) is 0 Å². The fourth-order valence-corrected chi connectivity index (χ4v) is 17.1. The average Bonchev–Trinajstić information content (AvgIpc) is 3.39. The van der Waals surface area contributed by atoms with Gasteiger partial charge in [-0.05, 0) is 84.6 Å². The first-order valence-electron chi connectivity index (χ1n) is 22.8. The molecule has 0 aromatic heterocycles. The normalized spacial score (nSPS) is 13.8. The first-order chi connectivity index (χ1) is 32.3. The van der Waals surface area contributed by atoms with Crippen LogP contribution >= 0.6 is 0 Å². The van der Waals surface area contributed by atoms with Crippen molar-refractivity contribution in [2.75, 3.05) is 9.80 Å². The van der Waals surface area contributed by atoms with E-state index in [1.165, 1.54) is 87.4 Å². The van der Waals surface area contributed by atoms with Gasteiger partial charge in [0.1, 0.15) is 0 Å². The maximum Gasteiger partial charge on any atom is 0.249 e. The van der Waals surface area contributed by atoms with Crippen molar-refractivity contribution in [3.8, 4) is 11.1 Å².